The largest absolute Gasteiger partial charge is 0.486 e. The van der Waals surface area contributed by atoms with Gasteiger partial charge in [0.15, 0.2) is 11.5 Å². The standard InChI is InChI=1S/C17H25NO5S/c1-2-7-17(13-19)8-4-9-18(12-17)24(20,21)15-6-3-5-14-16(15)23-11-10-22-14/h3,5-6,19H,2,4,7-13H2,1H3/t17-/m0/s1. The fraction of sp³-hybridized carbons (Fsp3) is 0.647. The van der Waals surface area contributed by atoms with Gasteiger partial charge in [0.2, 0.25) is 10.0 Å². The maximum Gasteiger partial charge on any atom is 0.246 e. The van der Waals surface area contributed by atoms with Crippen LogP contribution < -0.4 is 9.47 Å². The summed E-state index contributed by atoms with van der Waals surface area (Å²) in [6, 6.07) is 4.96. The van der Waals surface area contributed by atoms with Crippen LogP contribution in [0.2, 0.25) is 0 Å². The number of sulfonamides is 1. The molecule has 134 valence electrons. The zero-order valence-electron chi connectivity index (χ0n) is 14.0. The molecule has 0 aliphatic carbocycles. The Labute approximate surface area is 143 Å². The van der Waals surface area contributed by atoms with E-state index in [1.165, 1.54) is 4.31 Å². The second-order valence-electron chi connectivity index (χ2n) is 6.63. The van der Waals surface area contributed by atoms with Crippen LogP contribution in [-0.2, 0) is 10.0 Å². The number of aliphatic hydroxyl groups is 1. The Morgan fingerprint density at radius 1 is 1.29 bits per heavy atom. The van der Waals surface area contributed by atoms with Crippen molar-refractivity contribution in [1.82, 2.24) is 4.31 Å². The molecule has 7 heteroatoms. The van der Waals surface area contributed by atoms with Gasteiger partial charge in [-0.05, 0) is 31.4 Å². The van der Waals surface area contributed by atoms with Crippen molar-refractivity contribution in [2.75, 3.05) is 32.9 Å². The third-order valence-corrected chi connectivity index (χ3v) is 6.76. The number of hydrogen-bond acceptors (Lipinski definition) is 5. The van der Waals surface area contributed by atoms with E-state index < -0.39 is 10.0 Å². The van der Waals surface area contributed by atoms with Gasteiger partial charge in [-0.1, -0.05) is 19.4 Å². The van der Waals surface area contributed by atoms with E-state index >= 15 is 0 Å². The maximum absolute atomic E-state index is 13.2. The van der Waals surface area contributed by atoms with Crippen LogP contribution in [0.4, 0.5) is 0 Å². The van der Waals surface area contributed by atoms with Gasteiger partial charge >= 0.3 is 0 Å². The number of piperidine rings is 1. The first-order chi connectivity index (χ1) is 11.5. The number of nitrogens with zero attached hydrogens (tertiary/aromatic N) is 1. The van der Waals surface area contributed by atoms with E-state index in [0.29, 0.717) is 37.8 Å². The Morgan fingerprint density at radius 3 is 2.83 bits per heavy atom. The monoisotopic (exact) mass is 355 g/mol. The van der Waals surface area contributed by atoms with Gasteiger partial charge in [0.05, 0.1) is 0 Å². The summed E-state index contributed by atoms with van der Waals surface area (Å²) < 4.78 is 38.9. The van der Waals surface area contributed by atoms with Gasteiger partial charge in [0.25, 0.3) is 0 Å². The highest BCUT2D eigenvalue weighted by Crippen LogP contribution is 2.41. The summed E-state index contributed by atoms with van der Waals surface area (Å²) in [6.07, 6.45) is 3.36. The number of para-hydroxylation sites is 1. The van der Waals surface area contributed by atoms with Crippen molar-refractivity contribution in [2.45, 2.75) is 37.5 Å². The fourth-order valence-electron chi connectivity index (χ4n) is 3.70. The first-order valence-electron chi connectivity index (χ1n) is 8.52. The van der Waals surface area contributed by atoms with Crippen LogP contribution in [0.25, 0.3) is 0 Å². The van der Waals surface area contributed by atoms with Crippen LogP contribution >= 0.6 is 0 Å². The van der Waals surface area contributed by atoms with Crippen LogP contribution in [0.15, 0.2) is 23.1 Å². The summed E-state index contributed by atoms with van der Waals surface area (Å²) >= 11 is 0. The summed E-state index contributed by atoms with van der Waals surface area (Å²) in [5.74, 6) is 0.778. The molecule has 0 radical (unpaired) electrons. The van der Waals surface area contributed by atoms with Crippen LogP contribution in [0, 0.1) is 5.41 Å². The molecule has 1 atom stereocenters. The third kappa shape index (κ3) is 3.12. The molecule has 1 aromatic rings. The maximum atomic E-state index is 13.2. The van der Waals surface area contributed by atoms with Crippen molar-refractivity contribution in [3.05, 3.63) is 18.2 Å². The predicted molar refractivity (Wildman–Crippen MR) is 89.9 cm³/mol. The number of ether oxygens (including phenoxy) is 2. The Kier molecular flexibility index (Phi) is 5.03. The zero-order valence-corrected chi connectivity index (χ0v) is 14.8. The molecule has 24 heavy (non-hydrogen) atoms. The number of benzene rings is 1. The van der Waals surface area contributed by atoms with E-state index in [2.05, 4.69) is 6.92 Å². The quantitative estimate of drug-likeness (QED) is 0.874. The van der Waals surface area contributed by atoms with E-state index in [9.17, 15) is 13.5 Å². The van der Waals surface area contributed by atoms with Crippen LogP contribution in [-0.4, -0.2) is 50.7 Å². The van der Waals surface area contributed by atoms with Crippen LogP contribution in [0.1, 0.15) is 32.6 Å². The first kappa shape index (κ1) is 17.5. The lowest BCUT2D eigenvalue weighted by molar-refractivity contribution is 0.0557. The molecule has 0 unspecified atom stereocenters. The molecule has 0 bridgehead atoms. The minimum Gasteiger partial charge on any atom is -0.486 e. The molecule has 2 aliphatic rings. The van der Waals surface area contributed by atoms with Gasteiger partial charge in [-0.25, -0.2) is 8.42 Å². The van der Waals surface area contributed by atoms with Crippen molar-refractivity contribution in [3.63, 3.8) is 0 Å². The summed E-state index contributed by atoms with van der Waals surface area (Å²) in [5.41, 5.74) is -0.341. The van der Waals surface area contributed by atoms with Crippen molar-refractivity contribution in [2.24, 2.45) is 5.41 Å². The Hall–Kier alpha value is -1.31. The molecular formula is C17H25NO5S. The molecule has 0 amide bonds. The molecule has 2 aliphatic heterocycles. The van der Waals surface area contributed by atoms with E-state index in [1.54, 1.807) is 18.2 Å². The lowest BCUT2D eigenvalue weighted by atomic mass is 9.78. The van der Waals surface area contributed by atoms with Crippen molar-refractivity contribution < 1.29 is 23.0 Å². The molecule has 1 N–H and O–H groups in total. The Morgan fingerprint density at radius 2 is 2.08 bits per heavy atom. The highest BCUT2D eigenvalue weighted by Gasteiger charge is 2.40. The minimum atomic E-state index is -3.69. The van der Waals surface area contributed by atoms with Crippen molar-refractivity contribution in [1.29, 1.82) is 0 Å². The molecular weight excluding hydrogens is 330 g/mol. The fourth-order valence-corrected chi connectivity index (χ4v) is 5.44. The average Bonchev–Trinajstić information content (AvgIpc) is 2.61. The van der Waals surface area contributed by atoms with Crippen molar-refractivity contribution in [3.8, 4) is 11.5 Å². The average molecular weight is 355 g/mol. The SMILES string of the molecule is CCC[C@]1(CO)CCCN(S(=O)(=O)c2cccc3c2OCCO3)C1. The van der Waals surface area contributed by atoms with E-state index in [1.807, 2.05) is 0 Å². The summed E-state index contributed by atoms with van der Waals surface area (Å²) in [6.45, 7) is 3.66. The topological polar surface area (TPSA) is 76.1 Å². The number of aliphatic hydroxyl groups excluding tert-OH is 1. The second-order valence-corrected chi connectivity index (χ2v) is 8.54. The molecule has 2 heterocycles. The summed E-state index contributed by atoms with van der Waals surface area (Å²) in [4.78, 5) is 0.157. The molecule has 1 fully saturated rings. The summed E-state index contributed by atoms with van der Waals surface area (Å²) in [5, 5.41) is 9.85. The highest BCUT2D eigenvalue weighted by molar-refractivity contribution is 7.89. The minimum absolute atomic E-state index is 0.0133. The van der Waals surface area contributed by atoms with Gasteiger partial charge in [-0.15, -0.1) is 0 Å². The van der Waals surface area contributed by atoms with Crippen LogP contribution in [0.3, 0.4) is 0 Å². The summed E-state index contributed by atoms with van der Waals surface area (Å²) in [7, 11) is -3.69. The van der Waals surface area contributed by atoms with E-state index in [-0.39, 0.29) is 16.9 Å². The number of hydrogen-bond donors (Lipinski definition) is 1. The molecule has 0 spiro atoms. The molecule has 1 saturated heterocycles. The van der Waals surface area contributed by atoms with Crippen LogP contribution in [0.5, 0.6) is 11.5 Å². The Balaban J connectivity index is 1.93. The lowest BCUT2D eigenvalue weighted by Gasteiger charge is -2.41. The number of rotatable bonds is 5. The second kappa shape index (κ2) is 6.90. The molecule has 6 nitrogen and oxygen atoms in total. The molecule has 1 aromatic carbocycles. The lowest BCUT2D eigenvalue weighted by Crippen LogP contribution is -2.47. The van der Waals surface area contributed by atoms with Gasteiger partial charge in [0, 0.05) is 25.1 Å². The molecule has 3 rings (SSSR count). The Bertz CT molecular complexity index is 686. The first-order valence-corrected chi connectivity index (χ1v) is 9.96. The van der Waals surface area contributed by atoms with Gasteiger partial charge in [-0.2, -0.15) is 4.31 Å². The van der Waals surface area contributed by atoms with E-state index in [0.717, 1.165) is 25.7 Å². The highest BCUT2D eigenvalue weighted by atomic mass is 32.2. The van der Waals surface area contributed by atoms with Gasteiger partial charge in [0.1, 0.15) is 18.1 Å². The molecule has 0 saturated carbocycles. The zero-order chi connectivity index (χ0) is 17.2. The molecule has 0 aromatic heterocycles. The van der Waals surface area contributed by atoms with E-state index in [4.69, 9.17) is 9.47 Å². The number of fused-ring (bicyclic) bond motifs is 1. The normalized spacial score (nSPS) is 24.8. The van der Waals surface area contributed by atoms with Gasteiger partial charge < -0.3 is 14.6 Å². The smallest absolute Gasteiger partial charge is 0.246 e. The van der Waals surface area contributed by atoms with Gasteiger partial charge in [-0.3, -0.25) is 0 Å². The predicted octanol–water partition coefficient (Wildman–Crippen LogP) is 2.02. The third-order valence-electron chi connectivity index (χ3n) is 4.89. The van der Waals surface area contributed by atoms with Crippen molar-refractivity contribution >= 4 is 10.0 Å².